The van der Waals surface area contributed by atoms with Crippen molar-refractivity contribution in [2.24, 2.45) is 5.41 Å². The lowest BCUT2D eigenvalue weighted by molar-refractivity contribution is 0.0104. The van der Waals surface area contributed by atoms with E-state index in [0.29, 0.717) is 0 Å². The molecule has 2 nitrogen and oxygen atoms in total. The summed E-state index contributed by atoms with van der Waals surface area (Å²) in [6.07, 6.45) is 6.70. The molecule has 1 aliphatic rings. The van der Waals surface area contributed by atoms with Crippen molar-refractivity contribution in [2.75, 3.05) is 0 Å². The fraction of sp³-hybridized carbons (Fsp3) is 0.786. The molecule has 0 aromatic carbocycles. The van der Waals surface area contributed by atoms with Gasteiger partial charge in [0.15, 0.2) is 0 Å². The summed E-state index contributed by atoms with van der Waals surface area (Å²) < 4.78 is 0. The van der Waals surface area contributed by atoms with Crippen LogP contribution in [0.1, 0.15) is 54.6 Å². The molecule has 1 heterocycles. The summed E-state index contributed by atoms with van der Waals surface area (Å²) in [6, 6.07) is 0. The Labute approximate surface area is 108 Å². The highest BCUT2D eigenvalue weighted by Gasteiger charge is 2.34. The van der Waals surface area contributed by atoms with Gasteiger partial charge in [-0.3, -0.25) is 0 Å². The van der Waals surface area contributed by atoms with E-state index in [-0.39, 0.29) is 11.5 Å². The number of aliphatic hydroxyl groups is 1. The number of rotatable bonds is 3. The molecule has 1 fully saturated rings. The zero-order valence-electron chi connectivity index (χ0n) is 11.1. The molecule has 0 radical (unpaired) electrons. The third kappa shape index (κ3) is 2.89. The van der Waals surface area contributed by atoms with Crippen LogP contribution >= 0.6 is 11.3 Å². The highest BCUT2D eigenvalue weighted by molar-refractivity contribution is 7.11. The van der Waals surface area contributed by atoms with Crippen LogP contribution in [0.25, 0.3) is 0 Å². The van der Waals surface area contributed by atoms with Crippen molar-refractivity contribution in [3.05, 3.63) is 15.6 Å². The zero-order valence-corrected chi connectivity index (χ0v) is 11.9. The van der Waals surface area contributed by atoms with E-state index in [0.717, 1.165) is 30.0 Å². The number of aryl methyl sites for hydroxylation is 2. The second-order valence-corrected chi connectivity index (χ2v) is 6.97. The molecule has 0 saturated heterocycles. The third-order valence-electron chi connectivity index (χ3n) is 4.24. The van der Waals surface area contributed by atoms with Gasteiger partial charge in [0.25, 0.3) is 0 Å². The van der Waals surface area contributed by atoms with Crippen molar-refractivity contribution < 1.29 is 5.11 Å². The van der Waals surface area contributed by atoms with Gasteiger partial charge in [-0.2, -0.15) is 0 Å². The quantitative estimate of drug-likeness (QED) is 0.892. The van der Waals surface area contributed by atoms with Crippen molar-refractivity contribution in [3.63, 3.8) is 0 Å². The maximum absolute atomic E-state index is 10.5. The average molecular weight is 253 g/mol. The topological polar surface area (TPSA) is 33.1 Å². The van der Waals surface area contributed by atoms with Crippen LogP contribution in [-0.4, -0.2) is 16.2 Å². The van der Waals surface area contributed by atoms with Gasteiger partial charge in [-0.05, 0) is 32.1 Å². The van der Waals surface area contributed by atoms with Gasteiger partial charge in [0.1, 0.15) is 0 Å². The Morgan fingerprint density at radius 1 is 1.29 bits per heavy atom. The van der Waals surface area contributed by atoms with Crippen LogP contribution in [0.3, 0.4) is 0 Å². The first-order valence-corrected chi connectivity index (χ1v) is 7.44. The van der Waals surface area contributed by atoms with E-state index in [1.165, 1.54) is 24.1 Å². The van der Waals surface area contributed by atoms with Crippen LogP contribution in [0.2, 0.25) is 0 Å². The molecule has 1 aromatic heterocycles. The molecule has 1 unspecified atom stereocenters. The Morgan fingerprint density at radius 3 is 2.47 bits per heavy atom. The minimum atomic E-state index is -0.229. The van der Waals surface area contributed by atoms with Crippen molar-refractivity contribution in [2.45, 2.75) is 65.4 Å². The lowest BCUT2D eigenvalue weighted by Gasteiger charge is -2.37. The largest absolute Gasteiger partial charge is 0.392 e. The molecule has 2 rings (SSSR count). The maximum Gasteiger partial charge on any atom is 0.0956 e. The van der Waals surface area contributed by atoms with E-state index in [9.17, 15) is 5.11 Å². The van der Waals surface area contributed by atoms with E-state index >= 15 is 0 Å². The molecule has 96 valence electrons. The van der Waals surface area contributed by atoms with E-state index in [4.69, 9.17) is 0 Å². The molecule has 1 saturated carbocycles. The third-order valence-corrected chi connectivity index (χ3v) is 5.34. The molecular weight excluding hydrogens is 230 g/mol. The van der Waals surface area contributed by atoms with Gasteiger partial charge in [-0.15, -0.1) is 11.3 Å². The summed E-state index contributed by atoms with van der Waals surface area (Å²) >= 11 is 1.73. The predicted molar refractivity (Wildman–Crippen MR) is 72.5 cm³/mol. The van der Waals surface area contributed by atoms with Crippen molar-refractivity contribution in [3.8, 4) is 0 Å². The van der Waals surface area contributed by atoms with E-state index in [1.807, 2.05) is 6.92 Å². The first-order chi connectivity index (χ1) is 8.01. The first-order valence-electron chi connectivity index (χ1n) is 6.62. The van der Waals surface area contributed by atoms with E-state index < -0.39 is 0 Å². The minimum absolute atomic E-state index is 0.117. The number of hydrogen-bond donors (Lipinski definition) is 1. The highest BCUT2D eigenvalue weighted by Crippen LogP contribution is 2.40. The molecule has 0 aliphatic heterocycles. The van der Waals surface area contributed by atoms with Gasteiger partial charge in [-0.1, -0.05) is 26.2 Å². The van der Waals surface area contributed by atoms with Gasteiger partial charge in [-0.25, -0.2) is 4.98 Å². The second kappa shape index (κ2) is 5.07. The molecule has 1 N–H and O–H groups in total. The van der Waals surface area contributed by atoms with Crippen molar-refractivity contribution >= 4 is 11.3 Å². The van der Waals surface area contributed by atoms with Crippen molar-refractivity contribution in [1.82, 2.24) is 4.98 Å². The average Bonchev–Trinajstić information content (AvgIpc) is 2.59. The standard InChI is InChI=1S/C14H23NOS/c1-10-11(2)17-13(15-10)9-12(16)14(3)7-5-4-6-8-14/h12,16H,4-9H2,1-3H3. The van der Waals surface area contributed by atoms with Gasteiger partial charge in [0.05, 0.1) is 16.8 Å². The smallest absolute Gasteiger partial charge is 0.0956 e. The normalized spacial score (nSPS) is 21.4. The van der Waals surface area contributed by atoms with Crippen LogP contribution < -0.4 is 0 Å². The molecule has 17 heavy (non-hydrogen) atoms. The first kappa shape index (κ1) is 13.0. The summed E-state index contributed by atoms with van der Waals surface area (Å²) in [7, 11) is 0. The number of nitrogens with zero attached hydrogens (tertiary/aromatic N) is 1. The molecule has 0 bridgehead atoms. The van der Waals surface area contributed by atoms with Crippen LogP contribution in [0, 0.1) is 19.3 Å². The maximum atomic E-state index is 10.5. The molecule has 3 heteroatoms. The summed E-state index contributed by atoms with van der Waals surface area (Å²) in [6.45, 7) is 6.39. The van der Waals surface area contributed by atoms with Crippen molar-refractivity contribution in [1.29, 1.82) is 0 Å². The molecule has 1 aliphatic carbocycles. The number of hydrogen-bond acceptors (Lipinski definition) is 3. The minimum Gasteiger partial charge on any atom is -0.392 e. The van der Waals surface area contributed by atoms with Gasteiger partial charge < -0.3 is 5.11 Å². The van der Waals surface area contributed by atoms with Gasteiger partial charge >= 0.3 is 0 Å². The Bertz CT molecular complexity index is 360. The summed E-state index contributed by atoms with van der Waals surface area (Å²) in [5.41, 5.74) is 1.23. The van der Waals surface area contributed by atoms with Gasteiger partial charge in [0, 0.05) is 11.3 Å². The number of aliphatic hydroxyl groups excluding tert-OH is 1. The molecular formula is C14H23NOS. The Balaban J connectivity index is 2.02. The Kier molecular flexibility index (Phi) is 3.88. The zero-order chi connectivity index (χ0) is 12.5. The van der Waals surface area contributed by atoms with E-state index in [2.05, 4.69) is 18.8 Å². The lowest BCUT2D eigenvalue weighted by Crippen LogP contribution is -2.35. The number of aromatic nitrogens is 1. The SMILES string of the molecule is Cc1nc(CC(O)C2(C)CCCCC2)sc1C. The summed E-state index contributed by atoms with van der Waals surface area (Å²) in [4.78, 5) is 5.81. The second-order valence-electron chi connectivity index (χ2n) is 5.68. The molecule has 1 aromatic rings. The van der Waals surface area contributed by atoms with Crippen LogP contribution in [0.5, 0.6) is 0 Å². The fourth-order valence-corrected chi connectivity index (χ4v) is 3.70. The van der Waals surface area contributed by atoms with Crippen LogP contribution in [0.15, 0.2) is 0 Å². The lowest BCUT2D eigenvalue weighted by atomic mass is 9.71. The monoisotopic (exact) mass is 253 g/mol. The van der Waals surface area contributed by atoms with Gasteiger partial charge in [0.2, 0.25) is 0 Å². The summed E-state index contributed by atoms with van der Waals surface area (Å²) in [5.74, 6) is 0. The highest BCUT2D eigenvalue weighted by atomic mass is 32.1. The predicted octanol–water partition coefficient (Wildman–Crippen LogP) is 3.63. The summed E-state index contributed by atoms with van der Waals surface area (Å²) in [5, 5.41) is 11.6. The van der Waals surface area contributed by atoms with Crippen LogP contribution in [-0.2, 0) is 6.42 Å². The van der Waals surface area contributed by atoms with Crippen LogP contribution in [0.4, 0.5) is 0 Å². The molecule has 1 atom stereocenters. The fourth-order valence-electron chi connectivity index (χ4n) is 2.73. The molecule has 0 spiro atoms. The molecule has 0 amide bonds. The Morgan fingerprint density at radius 2 is 1.94 bits per heavy atom. The number of thiazole rings is 1. The van der Waals surface area contributed by atoms with E-state index in [1.54, 1.807) is 11.3 Å². The Hall–Kier alpha value is -0.410.